The van der Waals surface area contributed by atoms with Gasteiger partial charge in [0.1, 0.15) is 11.6 Å². The van der Waals surface area contributed by atoms with Crippen LogP contribution in [0.3, 0.4) is 0 Å². The van der Waals surface area contributed by atoms with Crippen LogP contribution in [-0.2, 0) is 9.53 Å². The van der Waals surface area contributed by atoms with Crippen LogP contribution >= 0.6 is 0 Å². The van der Waals surface area contributed by atoms with Crippen molar-refractivity contribution in [3.8, 4) is 0 Å². The van der Waals surface area contributed by atoms with Crippen molar-refractivity contribution in [3.05, 3.63) is 46.0 Å². The summed E-state index contributed by atoms with van der Waals surface area (Å²) in [5.41, 5.74) is -1.18. The molecule has 2 aliphatic rings. The summed E-state index contributed by atoms with van der Waals surface area (Å²) < 4.78 is 4.99. The minimum Gasteiger partial charge on any atom is -0.468 e. The second-order valence-electron chi connectivity index (χ2n) is 6.42. The molecule has 3 atom stereocenters. The molecule has 0 spiro atoms. The van der Waals surface area contributed by atoms with Gasteiger partial charge in [0, 0.05) is 24.8 Å². The number of hydrogen-bond acceptors (Lipinski definition) is 5. The Labute approximate surface area is 129 Å². The predicted molar refractivity (Wildman–Crippen MR) is 79.9 cm³/mol. The maximum Gasteiger partial charge on any atom is 0.326 e. The van der Waals surface area contributed by atoms with Crippen LogP contribution in [0.15, 0.2) is 30.3 Å². The van der Waals surface area contributed by atoms with Crippen molar-refractivity contribution in [1.82, 2.24) is 4.90 Å². The van der Waals surface area contributed by atoms with Crippen LogP contribution in [0.1, 0.15) is 37.8 Å². The molecule has 2 saturated heterocycles. The fourth-order valence-corrected chi connectivity index (χ4v) is 4.31. The summed E-state index contributed by atoms with van der Waals surface area (Å²) in [6.07, 6.45) is 1.66. The average Bonchev–Trinajstić information content (AvgIpc) is 3.02. The molecule has 0 bridgehead atoms. The number of fused-ring (bicyclic) bond motifs is 1. The Kier molecular flexibility index (Phi) is 3.44. The lowest BCUT2D eigenvalue weighted by molar-refractivity contribution is -0.569. The zero-order valence-corrected chi connectivity index (χ0v) is 12.8. The van der Waals surface area contributed by atoms with Crippen molar-refractivity contribution >= 4 is 5.97 Å². The first-order chi connectivity index (χ1) is 10.5. The number of carbonyl (C=O) groups is 1. The minimum atomic E-state index is -1.20. The van der Waals surface area contributed by atoms with E-state index in [9.17, 15) is 14.9 Å². The van der Waals surface area contributed by atoms with Crippen LogP contribution in [-0.4, -0.2) is 40.5 Å². The lowest BCUT2D eigenvalue weighted by Crippen LogP contribution is -2.47. The third-order valence-corrected chi connectivity index (χ3v) is 5.19. The summed E-state index contributed by atoms with van der Waals surface area (Å²) >= 11 is 0. The Hall–Kier alpha value is -1.95. The number of rotatable bonds is 3. The van der Waals surface area contributed by atoms with Crippen molar-refractivity contribution in [2.75, 3.05) is 13.7 Å². The maximum absolute atomic E-state index is 12.4. The van der Waals surface area contributed by atoms with Crippen LogP contribution in [0.25, 0.3) is 0 Å². The topological polar surface area (TPSA) is 72.7 Å². The lowest BCUT2D eigenvalue weighted by Gasteiger charge is -2.32. The van der Waals surface area contributed by atoms with E-state index in [1.807, 2.05) is 35.2 Å². The molecule has 6 heteroatoms. The normalized spacial score (nSPS) is 34.4. The Morgan fingerprint density at radius 1 is 1.41 bits per heavy atom. The van der Waals surface area contributed by atoms with E-state index < -0.39 is 17.1 Å². The second kappa shape index (κ2) is 5.05. The summed E-state index contributed by atoms with van der Waals surface area (Å²) in [4.78, 5) is 26.0. The van der Waals surface area contributed by atoms with Gasteiger partial charge < -0.3 is 4.74 Å². The van der Waals surface area contributed by atoms with Gasteiger partial charge in [0.2, 0.25) is 5.54 Å². The van der Waals surface area contributed by atoms with Gasteiger partial charge in [-0.25, -0.2) is 0 Å². The molecule has 0 amide bonds. The van der Waals surface area contributed by atoms with E-state index in [1.54, 1.807) is 6.92 Å². The smallest absolute Gasteiger partial charge is 0.326 e. The Balaban J connectivity index is 2.13. The highest BCUT2D eigenvalue weighted by molar-refractivity contribution is 5.82. The van der Waals surface area contributed by atoms with Gasteiger partial charge in [0.05, 0.1) is 7.11 Å². The van der Waals surface area contributed by atoms with E-state index in [0.717, 1.165) is 12.0 Å². The summed E-state index contributed by atoms with van der Waals surface area (Å²) in [7, 11) is 1.35. The van der Waals surface area contributed by atoms with Crippen LogP contribution in [0.4, 0.5) is 0 Å². The molecular weight excluding hydrogens is 284 g/mol. The van der Waals surface area contributed by atoms with Crippen LogP contribution in [0, 0.1) is 10.1 Å². The van der Waals surface area contributed by atoms with Crippen LogP contribution < -0.4 is 0 Å². The number of nitrogens with zero attached hydrogens (tertiary/aromatic N) is 2. The lowest BCUT2D eigenvalue weighted by atomic mass is 9.82. The largest absolute Gasteiger partial charge is 0.468 e. The van der Waals surface area contributed by atoms with Crippen LogP contribution in [0.5, 0.6) is 0 Å². The van der Waals surface area contributed by atoms with Crippen LogP contribution in [0.2, 0.25) is 0 Å². The molecule has 22 heavy (non-hydrogen) atoms. The van der Waals surface area contributed by atoms with E-state index in [0.29, 0.717) is 13.0 Å². The van der Waals surface area contributed by atoms with Crippen molar-refractivity contribution in [1.29, 1.82) is 0 Å². The molecule has 0 aliphatic carbocycles. The van der Waals surface area contributed by atoms with Gasteiger partial charge in [-0.05, 0) is 18.4 Å². The summed E-state index contributed by atoms with van der Waals surface area (Å²) in [5, 5.41) is 11.8. The highest BCUT2D eigenvalue weighted by atomic mass is 16.6. The number of ether oxygens (including phenoxy) is 1. The summed E-state index contributed by atoms with van der Waals surface area (Å²) in [6.45, 7) is 2.33. The van der Waals surface area contributed by atoms with Crippen molar-refractivity contribution in [3.63, 3.8) is 0 Å². The van der Waals surface area contributed by atoms with Crippen molar-refractivity contribution < 1.29 is 14.5 Å². The number of benzene rings is 1. The molecule has 1 aromatic rings. The standard InChI is InChI=1S/C16H20N2O4/c1-15(18(20)21)11-16(14(19)22-2)9-6-10-17(16)13(15)12-7-4-3-5-8-12/h3-5,7-8,13H,6,9-11H2,1-2H3/t13-,15+,16+/m1/s1. The second-order valence-corrected chi connectivity index (χ2v) is 6.42. The van der Waals surface area contributed by atoms with E-state index in [4.69, 9.17) is 4.74 Å². The third-order valence-electron chi connectivity index (χ3n) is 5.19. The fraction of sp³-hybridized carbons (Fsp3) is 0.562. The van der Waals surface area contributed by atoms with Gasteiger partial charge in [0.15, 0.2) is 0 Å². The molecule has 0 radical (unpaired) electrons. The van der Waals surface area contributed by atoms with Gasteiger partial charge >= 0.3 is 5.97 Å². The molecule has 118 valence electrons. The minimum absolute atomic E-state index is 0.194. The van der Waals surface area contributed by atoms with E-state index >= 15 is 0 Å². The molecule has 2 heterocycles. The SMILES string of the molecule is COC(=O)[C@@]12CCCN1[C@H](c1ccccc1)[C@@](C)([N+](=O)[O-])C2. The monoisotopic (exact) mass is 304 g/mol. The molecule has 1 aromatic carbocycles. The molecule has 6 nitrogen and oxygen atoms in total. The summed E-state index contributed by atoms with van der Waals surface area (Å²) in [6, 6.07) is 9.04. The number of hydrogen-bond donors (Lipinski definition) is 0. The zero-order valence-electron chi connectivity index (χ0n) is 12.8. The van der Waals surface area contributed by atoms with Gasteiger partial charge in [-0.2, -0.15) is 0 Å². The first-order valence-electron chi connectivity index (χ1n) is 7.50. The first kappa shape index (κ1) is 15.0. The third kappa shape index (κ3) is 1.86. The molecule has 0 aromatic heterocycles. The molecule has 2 aliphatic heterocycles. The van der Waals surface area contributed by atoms with Gasteiger partial charge in [0.25, 0.3) is 0 Å². The van der Waals surface area contributed by atoms with Crippen molar-refractivity contribution in [2.24, 2.45) is 0 Å². The van der Waals surface area contributed by atoms with Crippen molar-refractivity contribution in [2.45, 2.75) is 43.3 Å². The quantitative estimate of drug-likeness (QED) is 0.486. The maximum atomic E-state index is 12.4. The summed E-state index contributed by atoms with van der Waals surface area (Å²) in [5.74, 6) is -0.350. The number of nitro groups is 1. The molecule has 0 N–H and O–H groups in total. The Morgan fingerprint density at radius 3 is 2.68 bits per heavy atom. The van der Waals surface area contributed by atoms with Gasteiger partial charge in [-0.3, -0.25) is 19.8 Å². The molecule has 0 saturated carbocycles. The van der Waals surface area contributed by atoms with Gasteiger partial charge in [-0.15, -0.1) is 0 Å². The van der Waals surface area contributed by atoms with E-state index in [1.165, 1.54) is 7.11 Å². The fourth-order valence-electron chi connectivity index (χ4n) is 4.31. The number of carbonyl (C=O) groups excluding carboxylic acids is 1. The molecule has 0 unspecified atom stereocenters. The number of methoxy groups -OCH3 is 1. The molecular formula is C16H20N2O4. The zero-order chi connectivity index (χ0) is 16.0. The highest BCUT2D eigenvalue weighted by Crippen LogP contribution is 2.55. The molecule has 2 fully saturated rings. The average molecular weight is 304 g/mol. The highest BCUT2D eigenvalue weighted by Gasteiger charge is 2.69. The predicted octanol–water partition coefficient (Wildman–Crippen LogP) is 2.17. The van der Waals surface area contributed by atoms with E-state index in [2.05, 4.69) is 0 Å². The van der Waals surface area contributed by atoms with Gasteiger partial charge in [-0.1, -0.05) is 30.3 Å². The molecule has 3 rings (SSSR count). The Morgan fingerprint density at radius 2 is 2.09 bits per heavy atom. The Bertz CT molecular complexity index is 605. The first-order valence-corrected chi connectivity index (χ1v) is 7.50. The number of esters is 1. The van der Waals surface area contributed by atoms with E-state index in [-0.39, 0.29) is 17.3 Å².